The van der Waals surface area contributed by atoms with Gasteiger partial charge in [-0.1, -0.05) is 18.2 Å². The second-order valence-electron chi connectivity index (χ2n) is 5.26. The van der Waals surface area contributed by atoms with Crippen molar-refractivity contribution in [3.63, 3.8) is 0 Å². The molecule has 1 unspecified atom stereocenters. The molecule has 0 fully saturated rings. The molecule has 6 heteroatoms. The fourth-order valence-electron chi connectivity index (χ4n) is 2.38. The minimum absolute atomic E-state index is 0.0219. The van der Waals surface area contributed by atoms with Crippen molar-refractivity contribution in [2.45, 2.75) is 25.9 Å². The number of hydrogen-bond acceptors (Lipinski definition) is 4. The van der Waals surface area contributed by atoms with Crippen molar-refractivity contribution in [3.8, 4) is 5.75 Å². The van der Waals surface area contributed by atoms with Crippen LogP contribution in [-0.2, 0) is 0 Å². The molecular weight excluding hydrogens is 334 g/mol. The fourth-order valence-corrected chi connectivity index (χ4v) is 2.78. The smallest absolute Gasteiger partial charge is 0.283 e. The topological polar surface area (TPSA) is 56.1 Å². The maximum Gasteiger partial charge on any atom is 0.283 e. The van der Waals surface area contributed by atoms with Gasteiger partial charge in [-0.25, -0.2) is 4.68 Å². The summed E-state index contributed by atoms with van der Waals surface area (Å²) in [6.07, 6.45) is 1.67. The summed E-state index contributed by atoms with van der Waals surface area (Å²) in [4.78, 5) is 12.2. The molecule has 2 heterocycles. The molecule has 1 N–H and O–H groups in total. The summed E-state index contributed by atoms with van der Waals surface area (Å²) in [5, 5.41) is 7.53. The molecule has 5 nitrogen and oxygen atoms in total. The van der Waals surface area contributed by atoms with Crippen molar-refractivity contribution in [1.29, 1.82) is 0 Å². The van der Waals surface area contributed by atoms with Crippen molar-refractivity contribution in [2.24, 2.45) is 0 Å². The molecule has 110 valence electrons. The van der Waals surface area contributed by atoms with Gasteiger partial charge < -0.3 is 10.1 Å². The first kappa shape index (κ1) is 14.1. The number of benzene rings is 1. The van der Waals surface area contributed by atoms with Gasteiger partial charge in [0.2, 0.25) is 0 Å². The van der Waals surface area contributed by atoms with E-state index in [1.165, 1.54) is 4.68 Å². The summed E-state index contributed by atoms with van der Waals surface area (Å²) in [5.74, 6) is 0.884. The highest BCUT2D eigenvalue weighted by Gasteiger charge is 2.24. The van der Waals surface area contributed by atoms with E-state index in [0.717, 1.165) is 11.3 Å². The average molecular weight is 350 g/mol. The minimum atomic E-state index is -0.137. The third kappa shape index (κ3) is 2.55. The van der Waals surface area contributed by atoms with E-state index in [0.29, 0.717) is 16.8 Å². The van der Waals surface area contributed by atoms with Crippen LogP contribution in [0.5, 0.6) is 5.75 Å². The standard InChI is InChI=1S/C15H16BrN3O2/c1-9(2)19-15(20)14(16)11(7-17-19)18-12-8-21-13-6-4-3-5-10(12)13/h3-7,9,12,18H,8H2,1-2H3. The van der Waals surface area contributed by atoms with Crippen LogP contribution in [0.3, 0.4) is 0 Å². The molecule has 21 heavy (non-hydrogen) atoms. The predicted octanol–water partition coefficient (Wildman–Crippen LogP) is 3.13. The zero-order chi connectivity index (χ0) is 15.0. The normalized spacial score (nSPS) is 16.7. The third-order valence-electron chi connectivity index (χ3n) is 3.46. The van der Waals surface area contributed by atoms with Crippen LogP contribution in [-0.4, -0.2) is 16.4 Å². The predicted molar refractivity (Wildman–Crippen MR) is 84.9 cm³/mol. The summed E-state index contributed by atoms with van der Waals surface area (Å²) in [6.45, 7) is 4.39. The number of aromatic nitrogens is 2. The van der Waals surface area contributed by atoms with Gasteiger partial charge >= 0.3 is 0 Å². The molecule has 2 aromatic rings. The summed E-state index contributed by atoms with van der Waals surface area (Å²) in [6, 6.07) is 7.94. The van der Waals surface area contributed by atoms with E-state index in [1.54, 1.807) is 6.20 Å². The first-order chi connectivity index (χ1) is 10.1. The van der Waals surface area contributed by atoms with Crippen LogP contribution in [0.4, 0.5) is 5.69 Å². The number of anilines is 1. The SMILES string of the molecule is CC(C)n1ncc(NC2COc3ccccc32)c(Br)c1=O. The number of halogens is 1. The lowest BCUT2D eigenvalue weighted by Gasteiger charge is -2.16. The van der Waals surface area contributed by atoms with Crippen LogP contribution in [0.15, 0.2) is 39.7 Å². The number of rotatable bonds is 3. The number of hydrogen-bond donors (Lipinski definition) is 1. The maximum atomic E-state index is 12.2. The maximum absolute atomic E-state index is 12.2. The van der Waals surface area contributed by atoms with Crippen LogP contribution in [0, 0.1) is 0 Å². The molecule has 1 aromatic heterocycles. The molecule has 0 amide bonds. The van der Waals surface area contributed by atoms with Crippen molar-refractivity contribution in [1.82, 2.24) is 9.78 Å². The van der Waals surface area contributed by atoms with Gasteiger partial charge in [-0.3, -0.25) is 4.79 Å². The van der Waals surface area contributed by atoms with Gasteiger partial charge in [0.05, 0.1) is 24.0 Å². The number of ether oxygens (including phenoxy) is 1. The zero-order valence-electron chi connectivity index (χ0n) is 11.8. The minimum Gasteiger partial charge on any atom is -0.491 e. The number of nitrogens with zero attached hydrogens (tertiary/aromatic N) is 2. The Labute approximate surface area is 131 Å². The molecule has 3 rings (SSSR count). The highest BCUT2D eigenvalue weighted by atomic mass is 79.9. The van der Waals surface area contributed by atoms with Crippen molar-refractivity contribution in [2.75, 3.05) is 11.9 Å². The van der Waals surface area contributed by atoms with Gasteiger partial charge in [0.25, 0.3) is 5.56 Å². The summed E-state index contributed by atoms with van der Waals surface area (Å²) >= 11 is 3.37. The molecule has 1 aromatic carbocycles. The molecule has 0 bridgehead atoms. The summed E-state index contributed by atoms with van der Waals surface area (Å²) in [7, 11) is 0. The van der Waals surface area contributed by atoms with E-state index in [2.05, 4.69) is 26.3 Å². The van der Waals surface area contributed by atoms with Gasteiger partial charge in [0.15, 0.2) is 0 Å². The molecule has 1 atom stereocenters. The van der Waals surface area contributed by atoms with Crippen molar-refractivity contribution < 1.29 is 4.74 Å². The molecule has 1 aliphatic rings. The molecule has 1 aliphatic heterocycles. The molecule has 0 radical (unpaired) electrons. The second kappa shape index (κ2) is 5.52. The Morgan fingerprint density at radius 2 is 2.19 bits per heavy atom. The van der Waals surface area contributed by atoms with E-state index < -0.39 is 0 Å². The van der Waals surface area contributed by atoms with Gasteiger partial charge in [-0.15, -0.1) is 0 Å². The van der Waals surface area contributed by atoms with Crippen LogP contribution < -0.4 is 15.6 Å². The van der Waals surface area contributed by atoms with Gasteiger partial charge in [-0.2, -0.15) is 5.10 Å². The summed E-state index contributed by atoms with van der Waals surface area (Å²) in [5.41, 5.74) is 1.64. The van der Waals surface area contributed by atoms with E-state index >= 15 is 0 Å². The van der Waals surface area contributed by atoms with Gasteiger partial charge in [0, 0.05) is 5.56 Å². The lowest BCUT2D eigenvalue weighted by atomic mass is 10.1. The molecule has 0 aliphatic carbocycles. The van der Waals surface area contributed by atoms with Gasteiger partial charge in [0.1, 0.15) is 16.8 Å². The average Bonchev–Trinajstić information content (AvgIpc) is 2.87. The fraction of sp³-hybridized carbons (Fsp3) is 0.333. The Morgan fingerprint density at radius 1 is 1.43 bits per heavy atom. The first-order valence-corrected chi connectivity index (χ1v) is 7.63. The molecule has 0 saturated carbocycles. The van der Waals surface area contributed by atoms with Crippen molar-refractivity contribution in [3.05, 3.63) is 50.9 Å². The van der Waals surface area contributed by atoms with E-state index in [9.17, 15) is 4.79 Å². The Morgan fingerprint density at radius 3 is 2.95 bits per heavy atom. The van der Waals surface area contributed by atoms with Crippen LogP contribution >= 0.6 is 15.9 Å². The first-order valence-electron chi connectivity index (χ1n) is 6.83. The lowest BCUT2D eigenvalue weighted by molar-refractivity contribution is 0.339. The molecular formula is C15H16BrN3O2. The third-order valence-corrected chi connectivity index (χ3v) is 4.23. The molecule has 0 spiro atoms. The number of para-hydroxylation sites is 1. The molecule has 0 saturated heterocycles. The number of nitrogens with one attached hydrogen (secondary N) is 1. The Balaban J connectivity index is 1.90. The second-order valence-corrected chi connectivity index (χ2v) is 6.05. The summed E-state index contributed by atoms with van der Waals surface area (Å²) < 4.78 is 7.58. The van der Waals surface area contributed by atoms with Gasteiger partial charge in [-0.05, 0) is 35.8 Å². The largest absolute Gasteiger partial charge is 0.491 e. The van der Waals surface area contributed by atoms with Crippen LogP contribution in [0.2, 0.25) is 0 Å². The van der Waals surface area contributed by atoms with E-state index in [-0.39, 0.29) is 17.6 Å². The Kier molecular flexibility index (Phi) is 3.71. The Hall–Kier alpha value is -1.82. The quantitative estimate of drug-likeness (QED) is 0.924. The number of fused-ring (bicyclic) bond motifs is 1. The van der Waals surface area contributed by atoms with E-state index in [4.69, 9.17) is 4.74 Å². The lowest BCUT2D eigenvalue weighted by Crippen LogP contribution is -2.26. The van der Waals surface area contributed by atoms with Crippen LogP contribution in [0.1, 0.15) is 31.5 Å². The zero-order valence-corrected chi connectivity index (χ0v) is 13.4. The highest BCUT2D eigenvalue weighted by Crippen LogP contribution is 2.34. The monoisotopic (exact) mass is 349 g/mol. The van der Waals surface area contributed by atoms with Crippen molar-refractivity contribution >= 4 is 21.6 Å². The highest BCUT2D eigenvalue weighted by molar-refractivity contribution is 9.10. The van der Waals surface area contributed by atoms with E-state index in [1.807, 2.05) is 38.1 Å². The Bertz CT molecular complexity index is 727. The van der Waals surface area contributed by atoms with Crippen LogP contribution in [0.25, 0.3) is 0 Å².